The molecule has 3 aromatic carbocycles. The molecule has 4 rings (SSSR count). The fraction of sp³-hybridized carbons (Fsp3) is 0.0909. The first kappa shape index (κ1) is 20.6. The molecule has 0 atom stereocenters. The van der Waals surface area contributed by atoms with Crippen LogP contribution in [-0.4, -0.2) is 18.5 Å². The van der Waals surface area contributed by atoms with Gasteiger partial charge in [-0.05, 0) is 38.1 Å². The van der Waals surface area contributed by atoms with Crippen LogP contribution in [0, 0.1) is 13.8 Å². The highest BCUT2D eigenvalue weighted by Gasteiger charge is 2.32. The summed E-state index contributed by atoms with van der Waals surface area (Å²) < 4.78 is 28.8. The third kappa shape index (κ3) is 3.41. The Kier molecular flexibility index (Phi) is 5.18. The summed E-state index contributed by atoms with van der Waals surface area (Å²) in [5.41, 5.74) is 2.96. The van der Waals surface area contributed by atoms with Crippen LogP contribution in [0.4, 0.5) is 11.4 Å². The van der Waals surface area contributed by atoms with Gasteiger partial charge in [-0.3, -0.25) is 0 Å². The summed E-state index contributed by atoms with van der Waals surface area (Å²) in [6.45, 7) is 3.68. The zero-order valence-corrected chi connectivity index (χ0v) is 18.5. The molecule has 2 N–H and O–H groups in total. The number of aromatic nitrogens is 1. The zero-order valence-electron chi connectivity index (χ0n) is 16.1. The highest BCUT2D eigenvalue weighted by molar-refractivity contribution is 7.93. The minimum Gasteiger partial charge on any atom is -0.506 e. The van der Waals surface area contributed by atoms with Crippen LogP contribution in [0.25, 0.3) is 10.9 Å². The smallest absolute Gasteiger partial charge is 0.268 e. The number of H-pyrrole nitrogens is 1. The molecule has 8 heteroatoms. The topological polar surface area (TPSA) is 73.4 Å². The van der Waals surface area contributed by atoms with Crippen molar-refractivity contribution in [3.63, 3.8) is 0 Å². The van der Waals surface area contributed by atoms with E-state index in [4.69, 9.17) is 23.2 Å². The van der Waals surface area contributed by atoms with Gasteiger partial charge in [-0.2, -0.15) is 0 Å². The third-order valence-corrected chi connectivity index (χ3v) is 7.19. The monoisotopic (exact) mass is 460 g/mol. The number of aromatic amines is 1. The van der Waals surface area contributed by atoms with E-state index in [0.29, 0.717) is 16.8 Å². The second kappa shape index (κ2) is 7.54. The summed E-state index contributed by atoms with van der Waals surface area (Å²) in [6.07, 6.45) is 0. The number of phenolic OH excluding ortho intramolecular Hbond substituents is 1. The highest BCUT2D eigenvalue weighted by Crippen LogP contribution is 2.45. The summed E-state index contributed by atoms with van der Waals surface area (Å²) in [7, 11) is -4.07. The summed E-state index contributed by atoms with van der Waals surface area (Å²) in [5.74, 6) is -0.228. The number of nitrogens with one attached hydrogen (secondary N) is 1. The summed E-state index contributed by atoms with van der Waals surface area (Å²) >= 11 is 12.5. The maximum atomic E-state index is 13.8. The molecule has 0 amide bonds. The SMILES string of the molecule is Cc1ccc(S(=O)(=O)N(c2cc(Cl)c(O)cc2Cl)c2c(C)[nH]c3ccccc23)cc1. The fourth-order valence-electron chi connectivity index (χ4n) is 3.39. The van der Waals surface area contributed by atoms with Gasteiger partial charge in [0.1, 0.15) is 5.75 Å². The fourth-order valence-corrected chi connectivity index (χ4v) is 5.42. The largest absolute Gasteiger partial charge is 0.506 e. The highest BCUT2D eigenvalue weighted by atomic mass is 35.5. The lowest BCUT2D eigenvalue weighted by molar-refractivity contribution is 0.475. The van der Waals surface area contributed by atoms with Gasteiger partial charge in [-0.1, -0.05) is 59.1 Å². The molecule has 0 spiro atoms. The Bertz CT molecular complexity index is 1360. The van der Waals surface area contributed by atoms with Crippen LogP contribution >= 0.6 is 23.2 Å². The van der Waals surface area contributed by atoms with Crippen LogP contribution in [0.3, 0.4) is 0 Å². The van der Waals surface area contributed by atoms with Gasteiger partial charge in [0.15, 0.2) is 0 Å². The normalized spacial score (nSPS) is 11.7. The number of aryl methyl sites for hydroxylation is 2. The number of hydrogen-bond acceptors (Lipinski definition) is 3. The second-order valence-corrected chi connectivity index (χ2v) is 9.58. The molecule has 1 heterocycles. The van der Waals surface area contributed by atoms with Crippen molar-refractivity contribution in [2.75, 3.05) is 4.31 Å². The second-order valence-electron chi connectivity index (χ2n) is 6.98. The third-order valence-electron chi connectivity index (χ3n) is 4.86. The van der Waals surface area contributed by atoms with Gasteiger partial charge >= 0.3 is 0 Å². The van der Waals surface area contributed by atoms with Crippen molar-refractivity contribution in [3.05, 3.63) is 82.0 Å². The zero-order chi connectivity index (χ0) is 21.6. The summed E-state index contributed by atoms with van der Waals surface area (Å²) in [5, 5.41) is 10.7. The number of fused-ring (bicyclic) bond motifs is 1. The van der Waals surface area contributed by atoms with Crippen LogP contribution < -0.4 is 4.31 Å². The Hall–Kier alpha value is -2.67. The van der Waals surface area contributed by atoms with E-state index in [0.717, 1.165) is 11.1 Å². The number of hydrogen-bond donors (Lipinski definition) is 2. The molecule has 0 aliphatic carbocycles. The molecule has 154 valence electrons. The Morgan fingerprint density at radius 3 is 2.30 bits per heavy atom. The maximum Gasteiger partial charge on any atom is 0.268 e. The van der Waals surface area contributed by atoms with Crippen molar-refractivity contribution < 1.29 is 13.5 Å². The average Bonchev–Trinajstić information content (AvgIpc) is 3.02. The minimum absolute atomic E-state index is 0.00370. The molecule has 0 saturated heterocycles. The Balaban J connectivity index is 2.07. The summed E-state index contributed by atoms with van der Waals surface area (Å²) in [6, 6.07) is 16.6. The standard InChI is InChI=1S/C22H18Cl2N2O3S/c1-13-7-9-15(10-8-13)30(28,29)26(20-11-18(24)21(27)12-17(20)23)22-14(2)25-19-6-4-3-5-16(19)22/h3-12,25,27H,1-2H3. The average molecular weight is 461 g/mol. The number of phenols is 1. The number of nitrogens with zero attached hydrogens (tertiary/aromatic N) is 1. The Morgan fingerprint density at radius 1 is 0.933 bits per heavy atom. The van der Waals surface area contributed by atoms with Crippen LogP contribution in [-0.2, 0) is 10.0 Å². The predicted molar refractivity (Wildman–Crippen MR) is 122 cm³/mol. The first-order valence-electron chi connectivity index (χ1n) is 9.07. The van der Waals surface area contributed by atoms with E-state index in [9.17, 15) is 13.5 Å². The van der Waals surface area contributed by atoms with Crippen molar-refractivity contribution in [2.45, 2.75) is 18.7 Å². The van der Waals surface area contributed by atoms with Crippen molar-refractivity contribution >= 4 is 55.5 Å². The van der Waals surface area contributed by atoms with E-state index in [1.165, 1.54) is 16.4 Å². The molecule has 30 heavy (non-hydrogen) atoms. The number of sulfonamides is 1. The van der Waals surface area contributed by atoms with Gasteiger partial charge in [-0.25, -0.2) is 12.7 Å². The van der Waals surface area contributed by atoms with Crippen molar-refractivity contribution in [3.8, 4) is 5.75 Å². The van der Waals surface area contributed by atoms with E-state index in [1.54, 1.807) is 31.2 Å². The van der Waals surface area contributed by atoms with Gasteiger partial charge in [-0.15, -0.1) is 0 Å². The number of rotatable bonds is 4. The summed E-state index contributed by atoms with van der Waals surface area (Å²) in [4.78, 5) is 3.33. The lowest BCUT2D eigenvalue weighted by Crippen LogP contribution is -2.27. The molecule has 0 saturated carbocycles. The van der Waals surface area contributed by atoms with Crippen molar-refractivity contribution in [2.24, 2.45) is 0 Å². The van der Waals surface area contributed by atoms with Crippen molar-refractivity contribution in [1.82, 2.24) is 4.98 Å². The quantitative estimate of drug-likeness (QED) is 0.373. The van der Waals surface area contributed by atoms with Gasteiger partial charge < -0.3 is 10.1 Å². The first-order chi connectivity index (χ1) is 14.2. The number of halogens is 2. The number of para-hydroxylation sites is 1. The van der Waals surface area contributed by atoms with Crippen LogP contribution in [0.2, 0.25) is 10.0 Å². The van der Waals surface area contributed by atoms with Crippen molar-refractivity contribution in [1.29, 1.82) is 0 Å². The lowest BCUT2D eigenvalue weighted by Gasteiger charge is -2.26. The molecular formula is C22H18Cl2N2O3S. The van der Waals surface area contributed by atoms with Gasteiger partial charge in [0.25, 0.3) is 10.0 Å². The van der Waals surface area contributed by atoms with Gasteiger partial charge in [0.2, 0.25) is 0 Å². The Morgan fingerprint density at radius 2 is 1.60 bits per heavy atom. The molecule has 0 radical (unpaired) electrons. The number of aromatic hydroxyl groups is 1. The molecule has 0 aliphatic rings. The molecule has 0 unspecified atom stereocenters. The van der Waals surface area contributed by atoms with Crippen LogP contribution in [0.5, 0.6) is 5.75 Å². The van der Waals surface area contributed by atoms with E-state index >= 15 is 0 Å². The molecular weight excluding hydrogens is 443 g/mol. The predicted octanol–water partition coefficient (Wildman–Crippen LogP) is 6.32. The number of anilines is 2. The maximum absolute atomic E-state index is 13.8. The van der Waals surface area contributed by atoms with Crippen LogP contribution in [0.1, 0.15) is 11.3 Å². The van der Waals surface area contributed by atoms with E-state index in [2.05, 4.69) is 4.98 Å². The molecule has 5 nitrogen and oxygen atoms in total. The number of benzene rings is 3. The van der Waals surface area contributed by atoms with Crippen LogP contribution in [0.15, 0.2) is 65.6 Å². The van der Waals surface area contributed by atoms with Gasteiger partial charge in [0.05, 0.1) is 26.3 Å². The lowest BCUT2D eigenvalue weighted by atomic mass is 10.2. The molecule has 1 aromatic heterocycles. The van der Waals surface area contributed by atoms with E-state index in [-0.39, 0.29) is 26.4 Å². The molecule has 0 bridgehead atoms. The minimum atomic E-state index is -4.07. The first-order valence-corrected chi connectivity index (χ1v) is 11.3. The van der Waals surface area contributed by atoms with Gasteiger partial charge in [0, 0.05) is 22.7 Å². The molecule has 0 aliphatic heterocycles. The molecule has 4 aromatic rings. The van der Waals surface area contributed by atoms with E-state index in [1.807, 2.05) is 31.2 Å². The Labute approximate surface area is 184 Å². The molecule has 0 fully saturated rings. The van der Waals surface area contributed by atoms with E-state index < -0.39 is 10.0 Å².